The van der Waals surface area contributed by atoms with Gasteiger partial charge in [-0.3, -0.25) is 0 Å². The van der Waals surface area contributed by atoms with Gasteiger partial charge in [0.05, 0.1) is 6.61 Å². The zero-order chi connectivity index (χ0) is 10.8. The van der Waals surface area contributed by atoms with Crippen LogP contribution in [0.1, 0.15) is 38.5 Å². The van der Waals surface area contributed by atoms with Crippen molar-refractivity contribution in [2.75, 3.05) is 13.2 Å². The van der Waals surface area contributed by atoms with E-state index in [0.29, 0.717) is 19.4 Å². The quantitative estimate of drug-likeness (QED) is 0.395. The van der Waals surface area contributed by atoms with Crippen molar-refractivity contribution in [2.24, 2.45) is 0 Å². The highest BCUT2D eigenvalue weighted by Gasteiger charge is 2.12. The molecule has 0 amide bonds. The lowest BCUT2D eigenvalue weighted by Gasteiger charge is -2.22. The van der Waals surface area contributed by atoms with Crippen molar-refractivity contribution in [3.63, 3.8) is 0 Å². The van der Waals surface area contributed by atoms with E-state index in [9.17, 15) is 4.79 Å². The Kier molecular flexibility index (Phi) is 6.89. The summed E-state index contributed by atoms with van der Waals surface area (Å²) in [6.45, 7) is 1.44. The highest BCUT2D eigenvalue weighted by Crippen LogP contribution is 2.13. The summed E-state index contributed by atoms with van der Waals surface area (Å²) in [5.41, 5.74) is 0. The first-order chi connectivity index (χ1) is 7.43. The largest absolute Gasteiger partial charge is 0.353 e. The molecule has 1 fully saturated rings. The van der Waals surface area contributed by atoms with Crippen LogP contribution >= 0.6 is 0 Å². The van der Waals surface area contributed by atoms with E-state index in [1.54, 1.807) is 0 Å². The SMILES string of the molecule is O=CCCC#CCCOC1CCCCO1. The third-order valence-electron chi connectivity index (χ3n) is 2.18. The van der Waals surface area contributed by atoms with Gasteiger partial charge in [0.1, 0.15) is 6.29 Å². The molecule has 1 saturated heterocycles. The number of aldehydes is 1. The van der Waals surface area contributed by atoms with Crippen LogP contribution < -0.4 is 0 Å². The molecule has 1 atom stereocenters. The van der Waals surface area contributed by atoms with Gasteiger partial charge in [-0.1, -0.05) is 0 Å². The van der Waals surface area contributed by atoms with Crippen molar-refractivity contribution in [3.8, 4) is 11.8 Å². The van der Waals surface area contributed by atoms with Crippen LogP contribution in [0.5, 0.6) is 0 Å². The maximum absolute atomic E-state index is 9.99. The summed E-state index contributed by atoms with van der Waals surface area (Å²) in [7, 11) is 0. The zero-order valence-corrected chi connectivity index (χ0v) is 9.04. The van der Waals surface area contributed by atoms with E-state index in [4.69, 9.17) is 9.47 Å². The Hall–Kier alpha value is -0.850. The molecular formula is C12H18O3. The molecule has 0 spiro atoms. The van der Waals surface area contributed by atoms with Crippen LogP contribution in [0.2, 0.25) is 0 Å². The predicted octanol–water partition coefficient (Wildman–Crippen LogP) is 1.90. The van der Waals surface area contributed by atoms with Crippen LogP contribution in [0.15, 0.2) is 0 Å². The zero-order valence-electron chi connectivity index (χ0n) is 9.04. The summed E-state index contributed by atoms with van der Waals surface area (Å²) in [6.07, 6.45) is 6.11. The molecule has 1 heterocycles. The number of unbranched alkanes of at least 4 members (excludes halogenated alkanes) is 1. The van der Waals surface area contributed by atoms with Crippen LogP contribution in [0, 0.1) is 11.8 Å². The number of hydrogen-bond donors (Lipinski definition) is 0. The standard InChI is InChI=1S/C12H18O3/c13-9-5-2-1-3-6-10-14-12-8-4-7-11-15-12/h9,12H,2,4-8,10-11H2. The molecular weight excluding hydrogens is 192 g/mol. The molecule has 1 aliphatic rings. The van der Waals surface area contributed by atoms with Crippen LogP contribution in [0.4, 0.5) is 0 Å². The number of carbonyl (C=O) groups is 1. The molecule has 0 saturated carbocycles. The summed E-state index contributed by atoms with van der Waals surface area (Å²) in [6, 6.07) is 0. The highest BCUT2D eigenvalue weighted by molar-refractivity contribution is 5.49. The first-order valence-corrected chi connectivity index (χ1v) is 5.56. The van der Waals surface area contributed by atoms with E-state index in [1.807, 2.05) is 0 Å². The van der Waals surface area contributed by atoms with Gasteiger partial charge < -0.3 is 14.3 Å². The van der Waals surface area contributed by atoms with Crippen LogP contribution in [-0.2, 0) is 14.3 Å². The molecule has 3 nitrogen and oxygen atoms in total. The monoisotopic (exact) mass is 210 g/mol. The van der Waals surface area contributed by atoms with Gasteiger partial charge in [-0.15, -0.1) is 11.8 Å². The van der Waals surface area contributed by atoms with E-state index < -0.39 is 0 Å². The van der Waals surface area contributed by atoms with Crippen LogP contribution in [-0.4, -0.2) is 25.8 Å². The molecule has 0 aromatic carbocycles. The minimum atomic E-state index is -0.0180. The minimum absolute atomic E-state index is 0.0180. The second-order valence-electron chi connectivity index (χ2n) is 3.48. The molecule has 3 heteroatoms. The minimum Gasteiger partial charge on any atom is -0.353 e. The average Bonchev–Trinajstić information content (AvgIpc) is 2.29. The Balaban J connectivity index is 1.94. The van der Waals surface area contributed by atoms with Gasteiger partial charge in [0, 0.05) is 25.9 Å². The third kappa shape index (κ3) is 6.27. The number of rotatable bonds is 5. The topological polar surface area (TPSA) is 35.5 Å². The van der Waals surface area contributed by atoms with Gasteiger partial charge in [0.2, 0.25) is 0 Å². The average molecular weight is 210 g/mol. The lowest BCUT2D eigenvalue weighted by molar-refractivity contribution is -0.161. The van der Waals surface area contributed by atoms with Crippen molar-refractivity contribution in [1.82, 2.24) is 0 Å². The van der Waals surface area contributed by atoms with E-state index in [2.05, 4.69) is 11.8 Å². The molecule has 0 radical (unpaired) electrons. The first-order valence-electron chi connectivity index (χ1n) is 5.56. The molecule has 0 bridgehead atoms. The van der Waals surface area contributed by atoms with Gasteiger partial charge >= 0.3 is 0 Å². The van der Waals surface area contributed by atoms with E-state index >= 15 is 0 Å². The Morgan fingerprint density at radius 3 is 2.93 bits per heavy atom. The smallest absolute Gasteiger partial charge is 0.157 e. The Morgan fingerprint density at radius 1 is 1.33 bits per heavy atom. The van der Waals surface area contributed by atoms with Gasteiger partial charge in [-0.25, -0.2) is 0 Å². The maximum Gasteiger partial charge on any atom is 0.157 e. The van der Waals surface area contributed by atoms with Crippen LogP contribution in [0.25, 0.3) is 0 Å². The van der Waals surface area contributed by atoms with E-state index in [-0.39, 0.29) is 6.29 Å². The van der Waals surface area contributed by atoms with Crippen molar-refractivity contribution in [3.05, 3.63) is 0 Å². The summed E-state index contributed by atoms with van der Waals surface area (Å²) in [5, 5.41) is 0. The summed E-state index contributed by atoms with van der Waals surface area (Å²) in [5.74, 6) is 5.89. The normalized spacial score (nSPS) is 20.4. The van der Waals surface area contributed by atoms with Gasteiger partial charge in [0.15, 0.2) is 6.29 Å². The van der Waals surface area contributed by atoms with Gasteiger partial charge in [-0.2, -0.15) is 0 Å². The fourth-order valence-electron chi connectivity index (χ4n) is 1.39. The molecule has 0 aromatic heterocycles. The molecule has 0 aromatic rings. The van der Waals surface area contributed by atoms with Crippen LogP contribution in [0.3, 0.4) is 0 Å². The Bertz CT molecular complexity index is 221. The molecule has 15 heavy (non-hydrogen) atoms. The maximum atomic E-state index is 9.99. The lowest BCUT2D eigenvalue weighted by Crippen LogP contribution is -2.22. The van der Waals surface area contributed by atoms with Gasteiger partial charge in [0.25, 0.3) is 0 Å². The summed E-state index contributed by atoms with van der Waals surface area (Å²) in [4.78, 5) is 9.99. The Labute approximate surface area is 91.1 Å². The van der Waals surface area contributed by atoms with E-state index in [0.717, 1.165) is 32.2 Å². The van der Waals surface area contributed by atoms with Crippen molar-refractivity contribution in [1.29, 1.82) is 0 Å². The van der Waals surface area contributed by atoms with Gasteiger partial charge in [-0.05, 0) is 19.3 Å². The second-order valence-corrected chi connectivity index (χ2v) is 3.48. The summed E-state index contributed by atoms with van der Waals surface area (Å²) >= 11 is 0. The molecule has 0 N–H and O–H groups in total. The fraction of sp³-hybridized carbons (Fsp3) is 0.750. The number of carbonyl (C=O) groups excluding carboxylic acids is 1. The molecule has 1 unspecified atom stereocenters. The molecule has 0 aliphatic carbocycles. The number of hydrogen-bond acceptors (Lipinski definition) is 3. The van der Waals surface area contributed by atoms with Crippen molar-refractivity contribution in [2.45, 2.75) is 44.8 Å². The Morgan fingerprint density at radius 2 is 2.20 bits per heavy atom. The third-order valence-corrected chi connectivity index (χ3v) is 2.18. The number of ether oxygens (including phenoxy) is 2. The molecule has 1 rings (SSSR count). The molecule has 1 aliphatic heterocycles. The first kappa shape index (κ1) is 12.2. The predicted molar refractivity (Wildman–Crippen MR) is 57.2 cm³/mol. The van der Waals surface area contributed by atoms with E-state index in [1.165, 1.54) is 6.42 Å². The molecule has 84 valence electrons. The lowest BCUT2D eigenvalue weighted by atomic mass is 10.2. The fourth-order valence-corrected chi connectivity index (χ4v) is 1.39. The highest BCUT2D eigenvalue weighted by atomic mass is 16.7. The van der Waals surface area contributed by atoms with Crippen molar-refractivity contribution >= 4 is 6.29 Å². The van der Waals surface area contributed by atoms with Crippen molar-refractivity contribution < 1.29 is 14.3 Å². The second kappa shape index (κ2) is 8.46. The summed E-state index contributed by atoms with van der Waals surface area (Å²) < 4.78 is 10.9.